The van der Waals surface area contributed by atoms with E-state index < -0.39 is 0 Å². The Hall–Kier alpha value is -2.60. The lowest BCUT2D eigenvalue weighted by molar-refractivity contribution is -0.138. The van der Waals surface area contributed by atoms with Gasteiger partial charge in [0.25, 0.3) is 0 Å². The first-order chi connectivity index (χ1) is 14.1. The highest BCUT2D eigenvalue weighted by molar-refractivity contribution is 5.79. The lowest BCUT2D eigenvalue weighted by atomic mass is 9.79. The van der Waals surface area contributed by atoms with Gasteiger partial charge in [0.05, 0.1) is 25.2 Å². The highest BCUT2D eigenvalue weighted by Gasteiger charge is 2.52. The summed E-state index contributed by atoms with van der Waals surface area (Å²) >= 11 is 0. The quantitative estimate of drug-likeness (QED) is 0.750. The van der Waals surface area contributed by atoms with Gasteiger partial charge in [-0.05, 0) is 43.0 Å². The number of methoxy groups -OCH3 is 2. The number of benzene rings is 1. The molecule has 1 aromatic heterocycles. The van der Waals surface area contributed by atoms with Crippen molar-refractivity contribution in [3.05, 3.63) is 54.2 Å². The summed E-state index contributed by atoms with van der Waals surface area (Å²) in [5, 5.41) is 0. The molecule has 2 aromatic rings. The lowest BCUT2D eigenvalue weighted by Crippen LogP contribution is -2.53. The van der Waals surface area contributed by atoms with Crippen molar-refractivity contribution in [3.8, 4) is 11.6 Å². The summed E-state index contributed by atoms with van der Waals surface area (Å²) in [7, 11) is 3.40. The number of hydrogen-bond donors (Lipinski definition) is 0. The van der Waals surface area contributed by atoms with Crippen LogP contribution in [0.25, 0.3) is 0 Å². The van der Waals surface area contributed by atoms with Crippen molar-refractivity contribution in [1.82, 2.24) is 9.88 Å². The van der Waals surface area contributed by atoms with E-state index in [0.29, 0.717) is 12.3 Å². The number of aromatic nitrogens is 1. The molecule has 6 nitrogen and oxygen atoms in total. The lowest BCUT2D eigenvalue weighted by Gasteiger charge is -2.43. The number of likely N-dealkylation sites (tertiary alicyclic amines) is 1. The first-order valence-electron chi connectivity index (χ1n) is 10.2. The van der Waals surface area contributed by atoms with Crippen LogP contribution >= 0.6 is 0 Å². The maximum atomic E-state index is 13.2. The largest absolute Gasteiger partial charge is 0.497 e. The zero-order chi connectivity index (χ0) is 20.3. The predicted molar refractivity (Wildman–Crippen MR) is 109 cm³/mol. The molecule has 6 heteroatoms. The molecule has 1 aliphatic heterocycles. The molecule has 1 saturated heterocycles. The Morgan fingerprint density at radius 2 is 2.10 bits per heavy atom. The molecule has 2 aliphatic rings. The molecule has 2 heterocycles. The van der Waals surface area contributed by atoms with E-state index in [9.17, 15) is 4.79 Å². The van der Waals surface area contributed by atoms with Gasteiger partial charge in [0.2, 0.25) is 11.8 Å². The highest BCUT2D eigenvalue weighted by Crippen LogP contribution is 2.43. The Morgan fingerprint density at radius 3 is 2.86 bits per heavy atom. The number of amides is 1. The van der Waals surface area contributed by atoms with Gasteiger partial charge in [-0.1, -0.05) is 18.2 Å². The summed E-state index contributed by atoms with van der Waals surface area (Å²) < 4.78 is 17.4. The Bertz CT molecular complexity index is 844. The Morgan fingerprint density at radius 1 is 1.21 bits per heavy atom. The van der Waals surface area contributed by atoms with Crippen molar-refractivity contribution in [3.63, 3.8) is 0 Å². The van der Waals surface area contributed by atoms with E-state index in [4.69, 9.17) is 14.2 Å². The van der Waals surface area contributed by atoms with Crippen LogP contribution in [0.1, 0.15) is 31.2 Å². The molecule has 1 amide bonds. The molecular weight excluding hydrogens is 368 g/mol. The van der Waals surface area contributed by atoms with Gasteiger partial charge >= 0.3 is 0 Å². The Labute approximate surface area is 171 Å². The summed E-state index contributed by atoms with van der Waals surface area (Å²) in [6.07, 6.45) is 5.54. The number of hydrogen-bond acceptors (Lipinski definition) is 5. The van der Waals surface area contributed by atoms with Gasteiger partial charge in [-0.3, -0.25) is 4.79 Å². The smallest absolute Gasteiger partial charge is 0.227 e. The van der Waals surface area contributed by atoms with Crippen LogP contribution in [0.5, 0.6) is 11.6 Å². The standard InChI is InChI=1S/C23H28N2O4/c1-27-18-7-5-6-17(14-18)15-22(26)25-13-11-23(28-2)10-9-19(16-20(23)25)29-21-8-3-4-12-24-21/h3-8,12,14,19-20H,9-11,13,15-16H2,1-2H3/t19-,20-,23+/m0/s1. The summed E-state index contributed by atoms with van der Waals surface area (Å²) in [5.74, 6) is 1.53. The molecule has 1 aromatic carbocycles. The third kappa shape index (κ3) is 4.08. The van der Waals surface area contributed by atoms with Gasteiger partial charge in [-0.2, -0.15) is 0 Å². The maximum absolute atomic E-state index is 13.2. The van der Waals surface area contributed by atoms with E-state index in [-0.39, 0.29) is 23.7 Å². The van der Waals surface area contributed by atoms with Crippen LogP contribution in [0.15, 0.2) is 48.7 Å². The van der Waals surface area contributed by atoms with Crippen LogP contribution < -0.4 is 9.47 Å². The molecule has 0 bridgehead atoms. The number of nitrogens with zero attached hydrogens (tertiary/aromatic N) is 2. The first kappa shape index (κ1) is 19.7. The van der Waals surface area contributed by atoms with Crippen LogP contribution in [-0.2, 0) is 16.0 Å². The monoisotopic (exact) mass is 396 g/mol. The maximum Gasteiger partial charge on any atom is 0.227 e. The number of rotatable bonds is 6. The summed E-state index contributed by atoms with van der Waals surface area (Å²) in [5.41, 5.74) is 0.690. The highest BCUT2D eigenvalue weighted by atomic mass is 16.5. The fourth-order valence-corrected chi connectivity index (χ4v) is 4.71. The molecule has 2 fully saturated rings. The van der Waals surface area contributed by atoms with E-state index in [1.54, 1.807) is 20.4 Å². The van der Waals surface area contributed by atoms with E-state index >= 15 is 0 Å². The minimum absolute atomic E-state index is 0.0214. The molecule has 29 heavy (non-hydrogen) atoms. The average molecular weight is 396 g/mol. The second kappa shape index (κ2) is 8.41. The van der Waals surface area contributed by atoms with Crippen molar-refractivity contribution < 1.29 is 19.0 Å². The minimum Gasteiger partial charge on any atom is -0.497 e. The minimum atomic E-state index is -0.270. The summed E-state index contributed by atoms with van der Waals surface area (Å²) in [6.45, 7) is 0.720. The number of carbonyl (C=O) groups is 1. The molecule has 4 rings (SSSR count). The topological polar surface area (TPSA) is 60.9 Å². The second-order valence-corrected chi connectivity index (χ2v) is 7.83. The van der Waals surface area contributed by atoms with E-state index in [1.165, 1.54) is 0 Å². The van der Waals surface area contributed by atoms with Gasteiger partial charge in [0.1, 0.15) is 11.9 Å². The van der Waals surface area contributed by atoms with Crippen molar-refractivity contribution >= 4 is 5.91 Å². The number of fused-ring (bicyclic) bond motifs is 1. The fraction of sp³-hybridized carbons (Fsp3) is 0.478. The average Bonchev–Trinajstić information content (AvgIpc) is 3.14. The van der Waals surface area contributed by atoms with E-state index in [1.807, 2.05) is 47.4 Å². The van der Waals surface area contributed by atoms with Crippen LogP contribution in [-0.4, -0.2) is 54.3 Å². The molecule has 0 radical (unpaired) electrons. The van der Waals surface area contributed by atoms with Crippen LogP contribution in [0.4, 0.5) is 0 Å². The molecule has 154 valence electrons. The van der Waals surface area contributed by atoms with Crippen LogP contribution in [0, 0.1) is 0 Å². The Kier molecular flexibility index (Phi) is 5.72. The van der Waals surface area contributed by atoms with Gasteiger partial charge in [0, 0.05) is 32.3 Å². The molecule has 0 spiro atoms. The summed E-state index contributed by atoms with van der Waals surface area (Å²) in [4.78, 5) is 19.4. The zero-order valence-electron chi connectivity index (χ0n) is 17.0. The SMILES string of the molecule is COc1cccc(CC(=O)N2CC[C@]3(OC)CC[C@H](Oc4ccccn4)C[C@H]23)c1. The normalized spacial score (nSPS) is 26.1. The second-order valence-electron chi connectivity index (χ2n) is 7.83. The first-order valence-corrected chi connectivity index (χ1v) is 10.2. The molecule has 0 unspecified atom stereocenters. The van der Waals surface area contributed by atoms with Gasteiger partial charge in [-0.25, -0.2) is 4.98 Å². The third-order valence-corrected chi connectivity index (χ3v) is 6.28. The molecule has 1 saturated carbocycles. The number of pyridine rings is 1. The van der Waals surface area contributed by atoms with Crippen LogP contribution in [0.2, 0.25) is 0 Å². The zero-order valence-corrected chi connectivity index (χ0v) is 17.0. The van der Waals surface area contributed by atoms with Gasteiger partial charge < -0.3 is 19.1 Å². The third-order valence-electron chi connectivity index (χ3n) is 6.28. The Balaban J connectivity index is 1.48. The molecule has 1 aliphatic carbocycles. The molecular formula is C23H28N2O4. The fourth-order valence-electron chi connectivity index (χ4n) is 4.71. The van der Waals surface area contributed by atoms with Gasteiger partial charge in [0.15, 0.2) is 0 Å². The summed E-state index contributed by atoms with van der Waals surface area (Å²) in [6, 6.07) is 13.4. The predicted octanol–water partition coefficient (Wildman–Crippen LogP) is 3.25. The van der Waals surface area contributed by atoms with Gasteiger partial charge in [-0.15, -0.1) is 0 Å². The van der Waals surface area contributed by atoms with Crippen molar-refractivity contribution in [2.75, 3.05) is 20.8 Å². The number of ether oxygens (including phenoxy) is 3. The van der Waals surface area contributed by atoms with Crippen molar-refractivity contribution in [1.29, 1.82) is 0 Å². The molecule has 0 N–H and O–H groups in total. The van der Waals surface area contributed by atoms with Crippen molar-refractivity contribution in [2.24, 2.45) is 0 Å². The molecule has 3 atom stereocenters. The van der Waals surface area contributed by atoms with Crippen molar-refractivity contribution in [2.45, 2.75) is 49.9 Å². The van der Waals surface area contributed by atoms with Crippen LogP contribution in [0.3, 0.4) is 0 Å². The van der Waals surface area contributed by atoms with E-state index in [2.05, 4.69) is 4.98 Å². The van der Waals surface area contributed by atoms with E-state index in [0.717, 1.165) is 43.5 Å². The number of carbonyl (C=O) groups excluding carboxylic acids is 1.